The number of anilines is 1. The third-order valence-electron chi connectivity index (χ3n) is 1.53. The Hall–Kier alpha value is -1.17. The highest BCUT2D eigenvalue weighted by atomic mass is 127. The van der Waals surface area contributed by atoms with E-state index in [2.05, 4.69) is 32.9 Å². The van der Waals surface area contributed by atoms with Crippen LogP contribution in [0.3, 0.4) is 0 Å². The number of carbonyl (C=O) groups excluding carboxylic acids is 1. The number of nitrogens with zero attached hydrogens (tertiary/aromatic N) is 1. The molecule has 0 spiro atoms. The quantitative estimate of drug-likeness (QED) is 0.529. The molecule has 0 saturated heterocycles. The Labute approximate surface area is 102 Å². The molecule has 0 aliphatic rings. The number of hydrogen-bond acceptors (Lipinski definition) is 2. The average Bonchev–Trinajstić information content (AvgIpc) is 2.22. The minimum absolute atomic E-state index is 0.179. The highest BCUT2D eigenvalue weighted by Gasteiger charge is 1.97. The summed E-state index contributed by atoms with van der Waals surface area (Å²) < 4.78 is 1.04. The molecule has 1 rings (SSSR count). The first-order chi connectivity index (χ1) is 7.22. The van der Waals surface area contributed by atoms with E-state index in [0.717, 1.165) is 3.57 Å². The minimum Gasteiger partial charge on any atom is -0.307 e. The van der Waals surface area contributed by atoms with Gasteiger partial charge in [-0.1, -0.05) is 18.2 Å². The predicted molar refractivity (Wildman–Crippen MR) is 69.5 cm³/mol. The van der Waals surface area contributed by atoms with Gasteiger partial charge in [-0.25, -0.2) is 4.98 Å². The summed E-state index contributed by atoms with van der Waals surface area (Å²) in [6.07, 6.45) is 8.49. The van der Waals surface area contributed by atoms with Gasteiger partial charge in [-0.2, -0.15) is 0 Å². The van der Waals surface area contributed by atoms with Gasteiger partial charge < -0.3 is 5.32 Å². The molecule has 0 radical (unpaired) electrons. The number of halogens is 1. The van der Waals surface area contributed by atoms with Gasteiger partial charge in [0.25, 0.3) is 0 Å². The van der Waals surface area contributed by atoms with Gasteiger partial charge in [-0.3, -0.25) is 4.79 Å². The SMILES string of the molecule is CC=CC=CC(=O)Nc1ccc(I)cn1. The number of allylic oxidation sites excluding steroid dienone is 3. The normalized spacial score (nSPS) is 11.1. The molecule has 0 saturated carbocycles. The lowest BCUT2D eigenvalue weighted by molar-refractivity contribution is -0.111. The van der Waals surface area contributed by atoms with Gasteiger partial charge >= 0.3 is 0 Å². The number of carbonyl (C=O) groups is 1. The van der Waals surface area contributed by atoms with Crippen LogP contribution in [0, 0.1) is 3.57 Å². The van der Waals surface area contributed by atoms with E-state index in [1.165, 1.54) is 6.08 Å². The summed E-state index contributed by atoms with van der Waals surface area (Å²) >= 11 is 2.16. The topological polar surface area (TPSA) is 42.0 Å². The molecule has 0 bridgehead atoms. The van der Waals surface area contributed by atoms with E-state index in [1.807, 2.05) is 19.1 Å². The van der Waals surface area contributed by atoms with Gasteiger partial charge in [0.05, 0.1) is 0 Å². The van der Waals surface area contributed by atoms with Crippen LogP contribution in [0.2, 0.25) is 0 Å². The smallest absolute Gasteiger partial charge is 0.249 e. The van der Waals surface area contributed by atoms with Crippen LogP contribution in [0.15, 0.2) is 42.6 Å². The fourth-order valence-corrected chi connectivity index (χ4v) is 1.19. The first-order valence-corrected chi connectivity index (χ1v) is 5.52. The summed E-state index contributed by atoms with van der Waals surface area (Å²) in [6, 6.07) is 3.65. The lowest BCUT2D eigenvalue weighted by atomic mass is 10.4. The standard InChI is InChI=1S/C11H11IN2O/c1-2-3-4-5-11(15)14-10-7-6-9(12)8-13-10/h2-8H,1H3,(H,13,14,15). The molecule has 0 fully saturated rings. The second kappa shape index (κ2) is 6.34. The Morgan fingerprint density at radius 3 is 2.87 bits per heavy atom. The molecule has 1 aromatic rings. The van der Waals surface area contributed by atoms with Crippen LogP contribution in [0.5, 0.6) is 0 Å². The Kier molecular flexibility index (Phi) is 5.03. The van der Waals surface area contributed by atoms with E-state index in [1.54, 1.807) is 24.4 Å². The highest BCUT2D eigenvalue weighted by Crippen LogP contribution is 2.06. The minimum atomic E-state index is -0.179. The van der Waals surface area contributed by atoms with Crippen LogP contribution >= 0.6 is 22.6 Å². The Bertz CT molecular complexity index is 382. The summed E-state index contributed by atoms with van der Waals surface area (Å²) in [5.74, 6) is 0.382. The zero-order valence-electron chi connectivity index (χ0n) is 8.27. The maximum absolute atomic E-state index is 11.3. The summed E-state index contributed by atoms with van der Waals surface area (Å²) in [4.78, 5) is 15.4. The van der Waals surface area contributed by atoms with E-state index < -0.39 is 0 Å². The Morgan fingerprint density at radius 2 is 2.27 bits per heavy atom. The van der Waals surface area contributed by atoms with Crippen molar-refractivity contribution in [2.75, 3.05) is 5.32 Å². The van der Waals surface area contributed by atoms with E-state index in [0.29, 0.717) is 5.82 Å². The van der Waals surface area contributed by atoms with Crippen LogP contribution in [0.1, 0.15) is 6.92 Å². The average molecular weight is 314 g/mol. The number of rotatable bonds is 3. The summed E-state index contributed by atoms with van der Waals surface area (Å²) in [5.41, 5.74) is 0. The highest BCUT2D eigenvalue weighted by molar-refractivity contribution is 14.1. The third-order valence-corrected chi connectivity index (χ3v) is 2.17. The molecule has 0 unspecified atom stereocenters. The maximum atomic E-state index is 11.3. The molecule has 15 heavy (non-hydrogen) atoms. The van der Waals surface area contributed by atoms with Crippen molar-refractivity contribution in [2.24, 2.45) is 0 Å². The first-order valence-electron chi connectivity index (χ1n) is 4.44. The van der Waals surface area contributed by atoms with Crippen LogP contribution in [0.25, 0.3) is 0 Å². The van der Waals surface area contributed by atoms with Crippen molar-refractivity contribution in [3.63, 3.8) is 0 Å². The molecule has 0 atom stereocenters. The monoisotopic (exact) mass is 314 g/mol. The van der Waals surface area contributed by atoms with Crippen LogP contribution in [0.4, 0.5) is 5.82 Å². The van der Waals surface area contributed by atoms with Crippen molar-refractivity contribution in [1.29, 1.82) is 0 Å². The van der Waals surface area contributed by atoms with Crippen LogP contribution < -0.4 is 5.32 Å². The Morgan fingerprint density at radius 1 is 1.47 bits per heavy atom. The van der Waals surface area contributed by atoms with Crippen molar-refractivity contribution in [3.05, 3.63) is 46.2 Å². The second-order valence-electron chi connectivity index (χ2n) is 2.74. The zero-order valence-corrected chi connectivity index (χ0v) is 10.4. The molecular weight excluding hydrogens is 303 g/mol. The maximum Gasteiger partial charge on any atom is 0.249 e. The summed E-state index contributed by atoms with van der Waals surface area (Å²) in [6.45, 7) is 1.89. The van der Waals surface area contributed by atoms with Crippen LogP contribution in [-0.4, -0.2) is 10.9 Å². The molecule has 1 N–H and O–H groups in total. The van der Waals surface area contributed by atoms with Crippen molar-refractivity contribution in [1.82, 2.24) is 4.98 Å². The van der Waals surface area contributed by atoms with E-state index in [-0.39, 0.29) is 5.91 Å². The van der Waals surface area contributed by atoms with Crippen molar-refractivity contribution in [3.8, 4) is 0 Å². The van der Waals surface area contributed by atoms with Gasteiger partial charge in [0.15, 0.2) is 0 Å². The molecule has 1 heterocycles. The Balaban J connectivity index is 2.55. The fourth-order valence-electron chi connectivity index (χ4n) is 0.872. The largest absolute Gasteiger partial charge is 0.307 e. The molecule has 0 aliphatic heterocycles. The molecule has 3 nitrogen and oxygen atoms in total. The van der Waals surface area contributed by atoms with Gasteiger partial charge in [0, 0.05) is 15.8 Å². The van der Waals surface area contributed by atoms with E-state index >= 15 is 0 Å². The predicted octanol–water partition coefficient (Wildman–Crippen LogP) is 2.76. The van der Waals surface area contributed by atoms with Crippen molar-refractivity contribution in [2.45, 2.75) is 6.92 Å². The van der Waals surface area contributed by atoms with Gasteiger partial charge in [-0.15, -0.1) is 0 Å². The van der Waals surface area contributed by atoms with Crippen LogP contribution in [-0.2, 0) is 4.79 Å². The number of aromatic nitrogens is 1. The second-order valence-corrected chi connectivity index (χ2v) is 3.98. The van der Waals surface area contributed by atoms with Gasteiger partial charge in [0.2, 0.25) is 5.91 Å². The number of nitrogens with one attached hydrogen (secondary N) is 1. The molecule has 1 aromatic heterocycles. The molecule has 1 amide bonds. The molecule has 0 aliphatic carbocycles. The molecule has 0 aromatic carbocycles. The van der Waals surface area contributed by atoms with Gasteiger partial charge in [0.1, 0.15) is 5.82 Å². The molecule has 4 heteroatoms. The van der Waals surface area contributed by atoms with E-state index in [9.17, 15) is 4.79 Å². The fraction of sp³-hybridized carbons (Fsp3) is 0.0909. The number of pyridine rings is 1. The molecule has 78 valence electrons. The number of hydrogen-bond donors (Lipinski definition) is 1. The zero-order chi connectivity index (χ0) is 11.1. The van der Waals surface area contributed by atoms with Crippen molar-refractivity contribution >= 4 is 34.3 Å². The summed E-state index contributed by atoms with van der Waals surface area (Å²) in [5, 5.41) is 2.65. The lowest BCUT2D eigenvalue weighted by Gasteiger charge is -1.99. The van der Waals surface area contributed by atoms with E-state index in [4.69, 9.17) is 0 Å². The van der Waals surface area contributed by atoms with Gasteiger partial charge in [-0.05, 0) is 41.6 Å². The molecular formula is C11H11IN2O. The third kappa shape index (κ3) is 4.73. The number of amides is 1. The van der Waals surface area contributed by atoms with Crippen molar-refractivity contribution < 1.29 is 4.79 Å². The summed E-state index contributed by atoms with van der Waals surface area (Å²) in [7, 11) is 0. The lowest BCUT2D eigenvalue weighted by Crippen LogP contribution is -2.08. The first kappa shape index (κ1) is 11.9.